The molecular weight excluding hydrogens is 348 g/mol. The maximum Gasteiger partial charge on any atom is 0.157 e. The molecule has 4 unspecified atom stereocenters. The summed E-state index contributed by atoms with van der Waals surface area (Å²) in [6.07, 6.45) is -8.34. The maximum absolute atomic E-state index is 9.97. The Balaban J connectivity index is 1.64. The van der Waals surface area contributed by atoms with Crippen LogP contribution in [0, 0.1) is 0 Å². The molecule has 2 saturated heterocycles. The minimum absolute atomic E-state index is 0.413. The lowest BCUT2D eigenvalue weighted by Crippen LogP contribution is -2.37. The van der Waals surface area contributed by atoms with E-state index in [1.54, 1.807) is 24.3 Å². The Morgan fingerprint density at radius 3 is 1.50 bits per heavy atom. The van der Waals surface area contributed by atoms with Crippen molar-refractivity contribution in [2.24, 2.45) is 0 Å². The Kier molecular flexibility index (Phi) is 5.95. The molecule has 10 heteroatoms. The van der Waals surface area contributed by atoms with Crippen LogP contribution in [-0.4, -0.2) is 92.9 Å². The van der Waals surface area contributed by atoms with E-state index in [4.69, 9.17) is 19.7 Å². The van der Waals surface area contributed by atoms with E-state index in [1.165, 1.54) is 0 Å². The van der Waals surface area contributed by atoms with Gasteiger partial charge >= 0.3 is 0 Å². The van der Waals surface area contributed by atoms with Gasteiger partial charge in [0.25, 0.3) is 0 Å². The van der Waals surface area contributed by atoms with Crippen molar-refractivity contribution in [2.45, 2.75) is 49.1 Å². The molecule has 0 bridgehead atoms. The van der Waals surface area contributed by atoms with Gasteiger partial charge in [-0.2, -0.15) is 0 Å². The van der Waals surface area contributed by atoms with Gasteiger partial charge in [0, 0.05) is 11.4 Å². The molecule has 1 aromatic rings. The van der Waals surface area contributed by atoms with Crippen LogP contribution in [0.5, 0.6) is 0 Å². The van der Waals surface area contributed by atoms with Crippen LogP contribution in [0.25, 0.3) is 0 Å². The number of aliphatic hydroxyl groups excluding tert-OH is 6. The average Bonchev–Trinajstić information content (AvgIpc) is 3.06. The lowest BCUT2D eigenvalue weighted by atomic mass is 10.1. The number of rotatable bonds is 6. The number of hydrogen-bond acceptors (Lipinski definition) is 10. The van der Waals surface area contributed by atoms with Gasteiger partial charge in [0.05, 0.1) is 13.2 Å². The van der Waals surface area contributed by atoms with Gasteiger partial charge in [-0.15, -0.1) is 0 Å². The molecule has 2 heterocycles. The minimum atomic E-state index is -1.20. The molecule has 0 spiro atoms. The first-order valence-corrected chi connectivity index (χ1v) is 8.32. The second kappa shape index (κ2) is 8.03. The number of ether oxygens (including phenoxy) is 2. The van der Waals surface area contributed by atoms with Gasteiger partial charge < -0.3 is 50.7 Å². The van der Waals surface area contributed by atoms with E-state index in [0.29, 0.717) is 11.4 Å². The maximum atomic E-state index is 9.97. The zero-order chi connectivity index (χ0) is 18.8. The van der Waals surface area contributed by atoms with Gasteiger partial charge in [0.15, 0.2) is 12.5 Å². The summed E-state index contributed by atoms with van der Waals surface area (Å²) < 4.78 is 10.7. The molecule has 2 aliphatic heterocycles. The standard InChI is InChI=1S/C16H24N2O8/c19-5-9-11(21)13(23)15(25-9)17-7-2-1-3-8(4-7)18-16-14(24)12(22)10(6-20)26-16/h1-4,9-24H,5-6H2/t9-,10+,11?,12?,13?,14?,15+,16-. The zero-order valence-electron chi connectivity index (χ0n) is 13.8. The molecule has 146 valence electrons. The number of aliphatic hydroxyl groups is 6. The van der Waals surface area contributed by atoms with Crippen molar-refractivity contribution in [3.63, 3.8) is 0 Å². The summed E-state index contributed by atoms with van der Waals surface area (Å²) in [5.74, 6) is 0. The van der Waals surface area contributed by atoms with Crippen LogP contribution in [-0.2, 0) is 9.47 Å². The Labute approximate surface area is 149 Å². The van der Waals surface area contributed by atoms with E-state index >= 15 is 0 Å². The van der Waals surface area contributed by atoms with Crippen LogP contribution in [0.15, 0.2) is 24.3 Å². The number of hydrogen-bond donors (Lipinski definition) is 8. The monoisotopic (exact) mass is 372 g/mol. The summed E-state index contributed by atoms with van der Waals surface area (Å²) in [5.41, 5.74) is 1.10. The minimum Gasteiger partial charge on any atom is -0.394 e. The Morgan fingerprint density at radius 2 is 1.15 bits per heavy atom. The zero-order valence-corrected chi connectivity index (χ0v) is 13.8. The molecule has 1 aromatic carbocycles. The van der Waals surface area contributed by atoms with Crippen LogP contribution in [0.2, 0.25) is 0 Å². The predicted molar refractivity (Wildman–Crippen MR) is 89.2 cm³/mol. The van der Waals surface area contributed by atoms with Crippen LogP contribution in [0.3, 0.4) is 0 Å². The largest absolute Gasteiger partial charge is 0.394 e. The summed E-state index contributed by atoms with van der Waals surface area (Å²) in [6.45, 7) is -0.827. The molecule has 0 saturated carbocycles. The van der Waals surface area contributed by atoms with Gasteiger partial charge in [-0.05, 0) is 18.2 Å². The third kappa shape index (κ3) is 3.77. The molecule has 3 rings (SSSR count). The van der Waals surface area contributed by atoms with Crippen LogP contribution >= 0.6 is 0 Å². The molecule has 0 aromatic heterocycles. The van der Waals surface area contributed by atoms with Crippen molar-refractivity contribution < 1.29 is 40.1 Å². The molecular formula is C16H24N2O8. The molecule has 2 aliphatic rings. The first kappa shape index (κ1) is 19.3. The van der Waals surface area contributed by atoms with Gasteiger partial charge in [-0.25, -0.2) is 0 Å². The smallest absolute Gasteiger partial charge is 0.157 e. The second-order valence-corrected chi connectivity index (χ2v) is 6.39. The van der Waals surface area contributed by atoms with E-state index in [9.17, 15) is 20.4 Å². The quantitative estimate of drug-likeness (QED) is 0.265. The van der Waals surface area contributed by atoms with Crippen LogP contribution in [0.1, 0.15) is 0 Å². The van der Waals surface area contributed by atoms with Crippen molar-refractivity contribution in [1.29, 1.82) is 0 Å². The lowest BCUT2D eigenvalue weighted by molar-refractivity contribution is -0.0154. The number of nitrogens with one attached hydrogen (secondary N) is 2. The van der Waals surface area contributed by atoms with Gasteiger partial charge in [-0.3, -0.25) is 0 Å². The van der Waals surface area contributed by atoms with Crippen molar-refractivity contribution in [3.8, 4) is 0 Å². The fourth-order valence-electron chi connectivity index (χ4n) is 3.06. The second-order valence-electron chi connectivity index (χ2n) is 6.39. The third-order valence-electron chi connectivity index (χ3n) is 4.57. The Morgan fingerprint density at radius 1 is 0.731 bits per heavy atom. The first-order chi connectivity index (χ1) is 12.4. The Hall–Kier alpha value is -1.50. The first-order valence-electron chi connectivity index (χ1n) is 8.32. The highest BCUT2D eigenvalue weighted by molar-refractivity contribution is 5.57. The highest BCUT2D eigenvalue weighted by atomic mass is 16.6. The molecule has 10 nitrogen and oxygen atoms in total. The van der Waals surface area contributed by atoms with Crippen molar-refractivity contribution in [3.05, 3.63) is 24.3 Å². The average molecular weight is 372 g/mol. The van der Waals surface area contributed by atoms with Crippen molar-refractivity contribution in [2.75, 3.05) is 23.8 Å². The number of anilines is 2. The topological polar surface area (TPSA) is 164 Å². The van der Waals surface area contributed by atoms with E-state index in [0.717, 1.165) is 0 Å². The molecule has 26 heavy (non-hydrogen) atoms. The van der Waals surface area contributed by atoms with Gasteiger partial charge in [-0.1, -0.05) is 6.07 Å². The van der Waals surface area contributed by atoms with Crippen molar-refractivity contribution in [1.82, 2.24) is 0 Å². The normalized spacial score (nSPS) is 39.9. The molecule has 0 radical (unpaired) electrons. The van der Waals surface area contributed by atoms with Crippen molar-refractivity contribution >= 4 is 11.4 Å². The Bertz CT molecular complexity index is 558. The molecule has 0 amide bonds. The fraction of sp³-hybridized carbons (Fsp3) is 0.625. The highest BCUT2D eigenvalue weighted by Crippen LogP contribution is 2.26. The summed E-state index contributed by atoms with van der Waals surface area (Å²) in [6, 6.07) is 6.77. The number of benzene rings is 1. The van der Waals surface area contributed by atoms with E-state index in [2.05, 4.69) is 10.6 Å². The third-order valence-corrected chi connectivity index (χ3v) is 4.57. The summed E-state index contributed by atoms with van der Waals surface area (Å²) in [7, 11) is 0. The summed E-state index contributed by atoms with van der Waals surface area (Å²) >= 11 is 0. The van der Waals surface area contributed by atoms with E-state index in [-0.39, 0.29) is 0 Å². The van der Waals surface area contributed by atoms with Crippen LogP contribution in [0.4, 0.5) is 11.4 Å². The highest BCUT2D eigenvalue weighted by Gasteiger charge is 2.43. The van der Waals surface area contributed by atoms with E-state index in [1.807, 2.05) is 0 Å². The molecule has 8 atom stereocenters. The van der Waals surface area contributed by atoms with Gasteiger partial charge in [0.1, 0.15) is 36.6 Å². The molecule has 0 aliphatic carbocycles. The van der Waals surface area contributed by atoms with E-state index < -0.39 is 62.3 Å². The fourth-order valence-corrected chi connectivity index (χ4v) is 3.06. The molecule has 8 N–H and O–H groups in total. The lowest BCUT2D eigenvalue weighted by Gasteiger charge is -2.20. The van der Waals surface area contributed by atoms with Crippen LogP contribution < -0.4 is 10.6 Å². The van der Waals surface area contributed by atoms with Gasteiger partial charge in [0.2, 0.25) is 0 Å². The summed E-state index contributed by atoms with van der Waals surface area (Å²) in [5, 5.41) is 63.6. The predicted octanol–water partition coefficient (Wildman–Crippen LogP) is -2.61. The SMILES string of the molecule is OC[C@@H]1O[C@@H](Nc2cccc(N[C@H]3O[C@H](CO)C(O)C3O)c2)C(O)C1O. The summed E-state index contributed by atoms with van der Waals surface area (Å²) in [4.78, 5) is 0. The molecule has 2 fully saturated rings.